The lowest BCUT2D eigenvalue weighted by atomic mass is 9.77. The molecule has 1 aliphatic rings. The van der Waals surface area contributed by atoms with Crippen molar-refractivity contribution in [1.29, 1.82) is 0 Å². The maximum absolute atomic E-state index is 6.43. The summed E-state index contributed by atoms with van der Waals surface area (Å²) in [6, 6.07) is 9.33. The van der Waals surface area contributed by atoms with Gasteiger partial charge in [-0.3, -0.25) is 0 Å². The van der Waals surface area contributed by atoms with Gasteiger partial charge in [0, 0.05) is 6.04 Å². The second-order valence-electron chi connectivity index (χ2n) is 5.76. The zero-order chi connectivity index (χ0) is 13.0. The summed E-state index contributed by atoms with van der Waals surface area (Å²) < 4.78 is 0. The molecule has 2 N–H and O–H groups in total. The topological polar surface area (TPSA) is 26.0 Å². The van der Waals surface area contributed by atoms with Gasteiger partial charge in [-0.1, -0.05) is 51.0 Å². The molecule has 0 saturated heterocycles. The number of hydrogen-bond acceptors (Lipinski definition) is 1. The lowest BCUT2D eigenvalue weighted by Gasteiger charge is -2.30. The van der Waals surface area contributed by atoms with Gasteiger partial charge in [0.1, 0.15) is 0 Å². The molecule has 2 atom stereocenters. The molecular weight excluding hydrogens is 218 g/mol. The first-order chi connectivity index (χ1) is 8.76. The maximum Gasteiger partial charge on any atom is 0.00727 e. The fourth-order valence-corrected chi connectivity index (χ4v) is 3.51. The van der Waals surface area contributed by atoms with E-state index >= 15 is 0 Å². The molecule has 0 radical (unpaired) electrons. The number of fused-ring (bicyclic) bond motifs is 1. The van der Waals surface area contributed by atoms with Crippen molar-refractivity contribution in [3.05, 3.63) is 35.4 Å². The Hall–Kier alpha value is -0.820. The van der Waals surface area contributed by atoms with Crippen LogP contribution in [0.5, 0.6) is 0 Å². The van der Waals surface area contributed by atoms with Crippen LogP contribution in [0.1, 0.15) is 63.0 Å². The first-order valence-corrected chi connectivity index (χ1v) is 7.59. The molecule has 0 fully saturated rings. The summed E-state index contributed by atoms with van der Waals surface area (Å²) in [4.78, 5) is 0. The monoisotopic (exact) mass is 245 g/mol. The Bertz CT molecular complexity index is 368. The molecule has 0 aliphatic heterocycles. The minimum atomic E-state index is 0.371. The zero-order valence-electron chi connectivity index (χ0n) is 11.9. The predicted molar refractivity (Wildman–Crippen MR) is 78.8 cm³/mol. The summed E-state index contributed by atoms with van der Waals surface area (Å²) in [5.41, 5.74) is 9.56. The van der Waals surface area contributed by atoms with Gasteiger partial charge >= 0.3 is 0 Å². The first-order valence-electron chi connectivity index (χ1n) is 7.59. The molecule has 2 rings (SSSR count). The third-order valence-corrected chi connectivity index (χ3v) is 4.70. The van der Waals surface area contributed by atoms with Gasteiger partial charge in [0.25, 0.3) is 0 Å². The second kappa shape index (κ2) is 6.38. The molecule has 0 amide bonds. The average molecular weight is 245 g/mol. The molecular formula is C17H27N. The highest BCUT2D eigenvalue weighted by Gasteiger charge is 2.24. The Morgan fingerprint density at radius 1 is 1.22 bits per heavy atom. The lowest BCUT2D eigenvalue weighted by Crippen LogP contribution is -2.32. The minimum Gasteiger partial charge on any atom is -0.327 e. The van der Waals surface area contributed by atoms with Gasteiger partial charge in [0.05, 0.1) is 0 Å². The van der Waals surface area contributed by atoms with E-state index in [9.17, 15) is 0 Å². The van der Waals surface area contributed by atoms with Gasteiger partial charge < -0.3 is 5.73 Å². The molecule has 18 heavy (non-hydrogen) atoms. The van der Waals surface area contributed by atoms with Gasteiger partial charge in [-0.2, -0.15) is 0 Å². The van der Waals surface area contributed by atoms with Gasteiger partial charge in [-0.15, -0.1) is 0 Å². The highest BCUT2D eigenvalue weighted by atomic mass is 14.6. The van der Waals surface area contributed by atoms with Crippen LogP contribution in [0.4, 0.5) is 0 Å². The maximum atomic E-state index is 6.43. The summed E-state index contributed by atoms with van der Waals surface area (Å²) in [5.74, 6) is 1.39. The third-order valence-electron chi connectivity index (χ3n) is 4.70. The number of aryl methyl sites for hydroxylation is 1. The van der Waals surface area contributed by atoms with Crippen LogP contribution in [0.25, 0.3) is 0 Å². The van der Waals surface area contributed by atoms with Crippen molar-refractivity contribution in [2.24, 2.45) is 11.7 Å². The van der Waals surface area contributed by atoms with E-state index in [2.05, 4.69) is 38.1 Å². The van der Waals surface area contributed by atoms with Crippen molar-refractivity contribution in [2.75, 3.05) is 0 Å². The van der Waals surface area contributed by atoms with E-state index in [4.69, 9.17) is 5.73 Å². The van der Waals surface area contributed by atoms with Gasteiger partial charge in [0.2, 0.25) is 0 Å². The summed E-state index contributed by atoms with van der Waals surface area (Å²) in [6.45, 7) is 4.53. The Labute approximate surface area is 112 Å². The Morgan fingerprint density at radius 3 is 2.67 bits per heavy atom. The molecule has 0 heterocycles. The van der Waals surface area contributed by atoms with E-state index in [0.717, 1.165) is 0 Å². The summed E-state index contributed by atoms with van der Waals surface area (Å²) in [5, 5.41) is 0. The molecule has 0 saturated carbocycles. The van der Waals surface area contributed by atoms with Crippen LogP contribution in [0.3, 0.4) is 0 Å². The molecule has 1 aromatic carbocycles. The van der Waals surface area contributed by atoms with Crippen LogP contribution in [0.2, 0.25) is 0 Å². The summed E-state index contributed by atoms with van der Waals surface area (Å²) >= 11 is 0. The first kappa shape index (κ1) is 13.6. The highest BCUT2D eigenvalue weighted by molar-refractivity contribution is 5.32. The standard InChI is InChI=1S/C17H27N/c1-3-13(4-2)17(18)12-15-10-7-9-14-8-5-6-11-16(14)15/h5-6,8,11,13,15,17H,3-4,7,9-10,12,18H2,1-2H3. The van der Waals surface area contributed by atoms with E-state index < -0.39 is 0 Å². The van der Waals surface area contributed by atoms with Crippen molar-refractivity contribution in [3.63, 3.8) is 0 Å². The fourth-order valence-electron chi connectivity index (χ4n) is 3.51. The normalized spacial score (nSPS) is 20.8. The minimum absolute atomic E-state index is 0.371. The van der Waals surface area contributed by atoms with Gasteiger partial charge in [0.15, 0.2) is 0 Å². The smallest absolute Gasteiger partial charge is 0.00727 e. The van der Waals surface area contributed by atoms with Crippen molar-refractivity contribution in [2.45, 2.75) is 64.3 Å². The molecule has 1 aliphatic carbocycles. The van der Waals surface area contributed by atoms with Crippen LogP contribution >= 0.6 is 0 Å². The van der Waals surface area contributed by atoms with Crippen molar-refractivity contribution < 1.29 is 0 Å². The Kier molecular flexibility index (Phi) is 4.82. The molecule has 100 valence electrons. The molecule has 0 bridgehead atoms. The van der Waals surface area contributed by atoms with Crippen LogP contribution in [-0.2, 0) is 6.42 Å². The van der Waals surface area contributed by atoms with Crippen LogP contribution in [-0.4, -0.2) is 6.04 Å². The number of hydrogen-bond donors (Lipinski definition) is 1. The second-order valence-corrected chi connectivity index (χ2v) is 5.76. The van der Waals surface area contributed by atoms with Gasteiger partial charge in [-0.25, -0.2) is 0 Å². The van der Waals surface area contributed by atoms with E-state index in [1.807, 2.05) is 0 Å². The average Bonchev–Trinajstić information content (AvgIpc) is 2.40. The number of benzene rings is 1. The SMILES string of the molecule is CCC(CC)C(N)CC1CCCc2ccccc21. The molecule has 1 nitrogen and oxygen atoms in total. The Morgan fingerprint density at radius 2 is 1.94 bits per heavy atom. The molecule has 0 aromatic heterocycles. The lowest BCUT2D eigenvalue weighted by molar-refractivity contribution is 0.344. The van der Waals surface area contributed by atoms with Crippen LogP contribution in [0, 0.1) is 5.92 Å². The molecule has 0 spiro atoms. The van der Waals surface area contributed by atoms with Crippen LogP contribution in [0.15, 0.2) is 24.3 Å². The van der Waals surface area contributed by atoms with Crippen LogP contribution < -0.4 is 5.73 Å². The predicted octanol–water partition coefficient (Wildman–Crippen LogP) is 4.26. The summed E-state index contributed by atoms with van der Waals surface area (Å²) in [6.07, 6.45) is 7.51. The fraction of sp³-hybridized carbons (Fsp3) is 0.647. The largest absolute Gasteiger partial charge is 0.327 e. The van der Waals surface area contributed by atoms with Gasteiger partial charge in [-0.05, 0) is 48.6 Å². The highest BCUT2D eigenvalue weighted by Crippen LogP contribution is 2.35. The van der Waals surface area contributed by atoms with E-state index in [1.165, 1.54) is 38.5 Å². The molecule has 2 unspecified atom stereocenters. The van der Waals surface area contributed by atoms with Crippen molar-refractivity contribution in [1.82, 2.24) is 0 Å². The van der Waals surface area contributed by atoms with E-state index in [0.29, 0.717) is 17.9 Å². The Balaban J connectivity index is 2.07. The van der Waals surface area contributed by atoms with Crippen molar-refractivity contribution in [3.8, 4) is 0 Å². The molecule has 1 heteroatoms. The quantitative estimate of drug-likeness (QED) is 0.824. The van der Waals surface area contributed by atoms with E-state index in [-0.39, 0.29) is 0 Å². The molecule has 1 aromatic rings. The van der Waals surface area contributed by atoms with Crippen molar-refractivity contribution >= 4 is 0 Å². The summed E-state index contributed by atoms with van der Waals surface area (Å²) in [7, 11) is 0. The number of nitrogens with two attached hydrogens (primary N) is 1. The third kappa shape index (κ3) is 2.95. The van der Waals surface area contributed by atoms with E-state index in [1.54, 1.807) is 11.1 Å². The number of rotatable bonds is 5. The zero-order valence-corrected chi connectivity index (χ0v) is 11.9.